The van der Waals surface area contributed by atoms with Gasteiger partial charge in [0, 0.05) is 49.3 Å². The van der Waals surface area contributed by atoms with Gasteiger partial charge in [-0.05, 0) is 24.3 Å². The Morgan fingerprint density at radius 3 is 2.79 bits per heavy atom. The molecule has 0 radical (unpaired) electrons. The molecule has 39 heavy (non-hydrogen) atoms. The van der Waals surface area contributed by atoms with Gasteiger partial charge in [0.2, 0.25) is 5.91 Å². The number of anilines is 3. The summed E-state index contributed by atoms with van der Waals surface area (Å²) in [4.78, 5) is 23.5. The van der Waals surface area contributed by atoms with Gasteiger partial charge < -0.3 is 20.1 Å². The van der Waals surface area contributed by atoms with Gasteiger partial charge in [-0.1, -0.05) is 17.7 Å². The zero-order valence-electron chi connectivity index (χ0n) is 20.9. The van der Waals surface area contributed by atoms with Crippen LogP contribution in [0.15, 0.2) is 48.8 Å². The van der Waals surface area contributed by atoms with Crippen LogP contribution in [0.4, 0.5) is 21.6 Å². The Kier molecular flexibility index (Phi) is 8.26. The molecule has 0 aliphatic carbocycles. The number of ether oxygens (including phenoxy) is 2. The molecule has 2 aliphatic rings. The third kappa shape index (κ3) is 7.01. The highest BCUT2D eigenvalue weighted by Gasteiger charge is 2.22. The third-order valence-corrected chi connectivity index (χ3v) is 8.33. The number of halogens is 2. The quantitative estimate of drug-likeness (QED) is 0.388. The highest BCUT2D eigenvalue weighted by atomic mass is 35.5. The van der Waals surface area contributed by atoms with Crippen molar-refractivity contribution in [2.45, 2.75) is 12.5 Å². The Hall–Kier alpha value is -3.32. The molecule has 0 saturated carbocycles. The van der Waals surface area contributed by atoms with E-state index in [2.05, 4.69) is 20.6 Å². The number of hydrogen-bond acceptors (Lipinski definition) is 9. The molecule has 1 atom stereocenters. The lowest BCUT2D eigenvalue weighted by Gasteiger charge is -2.24. The lowest BCUT2D eigenvalue weighted by molar-refractivity contribution is -0.111. The van der Waals surface area contributed by atoms with E-state index in [0.29, 0.717) is 66.7 Å². The van der Waals surface area contributed by atoms with Gasteiger partial charge in [0.15, 0.2) is 9.84 Å². The first-order valence-corrected chi connectivity index (χ1v) is 14.6. The monoisotopic (exact) mass is 575 g/mol. The van der Waals surface area contributed by atoms with Crippen molar-refractivity contribution in [2.24, 2.45) is 0 Å². The van der Waals surface area contributed by atoms with E-state index >= 15 is 0 Å². The first-order chi connectivity index (χ1) is 18.8. The van der Waals surface area contributed by atoms with Gasteiger partial charge in [-0.3, -0.25) is 9.69 Å². The third-order valence-electron chi connectivity index (χ3n) is 6.43. The standard InChI is InChI=1S/C26H27ClFN5O5S/c27-20-12-17(3-4-21(20)28)31-26-19-13-23(24(14-22(19)29-16-30-26)38-18-5-9-37-15-18)32-25(34)2-1-6-33-7-10-39(35,36)11-8-33/h1-4,12-14,16,18H,5-11,15H2,(H,32,34)(H,29,30,31)/b2-1+. The fourth-order valence-electron chi connectivity index (χ4n) is 4.29. The van der Waals surface area contributed by atoms with Crippen LogP contribution >= 0.6 is 11.6 Å². The van der Waals surface area contributed by atoms with E-state index in [1.54, 1.807) is 18.2 Å². The minimum absolute atomic E-state index is 0.0289. The van der Waals surface area contributed by atoms with Crippen LogP contribution in [0.1, 0.15) is 6.42 Å². The van der Waals surface area contributed by atoms with Crippen molar-refractivity contribution < 1.29 is 27.1 Å². The minimum atomic E-state index is -2.96. The van der Waals surface area contributed by atoms with Crippen LogP contribution in [0.5, 0.6) is 5.75 Å². The number of benzene rings is 2. The van der Waals surface area contributed by atoms with E-state index in [0.717, 1.165) is 6.42 Å². The zero-order valence-corrected chi connectivity index (χ0v) is 22.5. The molecule has 1 amide bonds. The zero-order chi connectivity index (χ0) is 27.4. The summed E-state index contributed by atoms with van der Waals surface area (Å²) in [6, 6.07) is 7.69. The van der Waals surface area contributed by atoms with Crippen molar-refractivity contribution in [1.29, 1.82) is 0 Å². The van der Waals surface area contributed by atoms with Crippen LogP contribution in [0.3, 0.4) is 0 Å². The number of carbonyl (C=O) groups is 1. The van der Waals surface area contributed by atoms with Gasteiger partial charge in [-0.2, -0.15) is 0 Å². The summed E-state index contributed by atoms with van der Waals surface area (Å²) in [5, 5.41) is 6.57. The summed E-state index contributed by atoms with van der Waals surface area (Å²) in [7, 11) is -2.96. The maximum absolute atomic E-state index is 13.6. The lowest BCUT2D eigenvalue weighted by atomic mass is 10.1. The molecule has 1 aromatic heterocycles. The number of amides is 1. The van der Waals surface area contributed by atoms with Gasteiger partial charge in [-0.15, -0.1) is 0 Å². The number of fused-ring (bicyclic) bond motifs is 1. The second kappa shape index (κ2) is 11.8. The topological polar surface area (TPSA) is 123 Å². The Bertz CT molecular complexity index is 1500. The molecule has 0 bridgehead atoms. The van der Waals surface area contributed by atoms with Crippen LogP contribution in [0.2, 0.25) is 5.02 Å². The summed E-state index contributed by atoms with van der Waals surface area (Å²) in [5.41, 5.74) is 1.52. The molecule has 2 fully saturated rings. The molecule has 5 rings (SSSR count). The van der Waals surface area contributed by atoms with Crippen LogP contribution < -0.4 is 15.4 Å². The van der Waals surface area contributed by atoms with Crippen LogP contribution in [0, 0.1) is 5.82 Å². The normalized spacial score (nSPS) is 19.4. The van der Waals surface area contributed by atoms with E-state index in [-0.39, 0.29) is 28.5 Å². The molecule has 2 saturated heterocycles. The summed E-state index contributed by atoms with van der Waals surface area (Å²) >= 11 is 5.93. The molecular weight excluding hydrogens is 549 g/mol. The second-order valence-electron chi connectivity index (χ2n) is 9.29. The van der Waals surface area contributed by atoms with E-state index in [1.807, 2.05) is 4.90 Å². The summed E-state index contributed by atoms with van der Waals surface area (Å²) in [6.45, 7) is 2.38. The molecule has 2 aliphatic heterocycles. The Labute approximate surface area is 230 Å². The lowest BCUT2D eigenvalue weighted by Crippen LogP contribution is -2.40. The van der Waals surface area contributed by atoms with E-state index in [4.69, 9.17) is 21.1 Å². The maximum atomic E-state index is 13.6. The molecule has 1 unspecified atom stereocenters. The minimum Gasteiger partial charge on any atom is -0.486 e. The fourth-order valence-corrected chi connectivity index (χ4v) is 5.75. The predicted octanol–water partition coefficient (Wildman–Crippen LogP) is 3.56. The first kappa shape index (κ1) is 27.3. The molecule has 10 nitrogen and oxygen atoms in total. The number of rotatable bonds is 8. The molecule has 206 valence electrons. The molecule has 3 aromatic rings. The van der Waals surface area contributed by atoms with Gasteiger partial charge in [-0.25, -0.2) is 22.8 Å². The average Bonchev–Trinajstić information content (AvgIpc) is 3.41. The maximum Gasteiger partial charge on any atom is 0.248 e. The number of nitrogens with zero attached hydrogens (tertiary/aromatic N) is 3. The van der Waals surface area contributed by atoms with E-state index < -0.39 is 15.7 Å². The SMILES string of the molecule is O=C(/C=C/CN1CCS(=O)(=O)CC1)Nc1cc2c(Nc3ccc(F)c(Cl)c3)ncnc2cc1OC1CCOC1. The predicted molar refractivity (Wildman–Crippen MR) is 147 cm³/mol. The van der Waals surface area contributed by atoms with Crippen LogP contribution in [-0.4, -0.2) is 79.7 Å². The number of nitrogens with one attached hydrogen (secondary N) is 2. The van der Waals surface area contributed by atoms with E-state index in [9.17, 15) is 17.6 Å². The largest absolute Gasteiger partial charge is 0.486 e. The molecule has 13 heteroatoms. The molecule has 0 spiro atoms. The second-order valence-corrected chi connectivity index (χ2v) is 12.0. The van der Waals surface area contributed by atoms with Gasteiger partial charge in [0.1, 0.15) is 29.8 Å². The van der Waals surface area contributed by atoms with Crippen LogP contribution in [0.25, 0.3) is 10.9 Å². The smallest absolute Gasteiger partial charge is 0.248 e. The highest BCUT2D eigenvalue weighted by Crippen LogP contribution is 2.35. The Balaban J connectivity index is 1.38. The van der Waals surface area contributed by atoms with Crippen molar-refractivity contribution in [3.05, 3.63) is 59.7 Å². The van der Waals surface area contributed by atoms with Crippen molar-refractivity contribution in [3.8, 4) is 5.75 Å². The highest BCUT2D eigenvalue weighted by molar-refractivity contribution is 7.91. The number of carbonyl (C=O) groups excluding carboxylic acids is 1. The van der Waals surface area contributed by atoms with Crippen molar-refractivity contribution in [2.75, 3.05) is 55.0 Å². The molecule has 2 N–H and O–H groups in total. The van der Waals surface area contributed by atoms with Gasteiger partial charge >= 0.3 is 0 Å². The number of sulfone groups is 1. The molecule has 2 aromatic carbocycles. The molecular formula is C26H27ClFN5O5S. The Morgan fingerprint density at radius 2 is 2.05 bits per heavy atom. The van der Waals surface area contributed by atoms with Crippen LogP contribution in [-0.2, 0) is 19.4 Å². The van der Waals surface area contributed by atoms with Crippen molar-refractivity contribution in [1.82, 2.24) is 14.9 Å². The fraction of sp³-hybridized carbons (Fsp3) is 0.346. The summed E-state index contributed by atoms with van der Waals surface area (Å²) in [5.74, 6) is 0.218. The summed E-state index contributed by atoms with van der Waals surface area (Å²) < 4.78 is 48.4. The Morgan fingerprint density at radius 1 is 1.23 bits per heavy atom. The van der Waals surface area contributed by atoms with Crippen molar-refractivity contribution >= 4 is 55.4 Å². The number of hydrogen-bond donors (Lipinski definition) is 2. The van der Waals surface area contributed by atoms with Crippen molar-refractivity contribution in [3.63, 3.8) is 0 Å². The average molecular weight is 576 g/mol. The molecule has 3 heterocycles. The summed E-state index contributed by atoms with van der Waals surface area (Å²) in [6.07, 6.45) is 5.07. The van der Waals surface area contributed by atoms with E-state index in [1.165, 1.54) is 30.6 Å². The van der Waals surface area contributed by atoms with Gasteiger partial charge in [0.25, 0.3) is 0 Å². The number of aromatic nitrogens is 2. The first-order valence-electron chi connectivity index (χ1n) is 12.4. The van der Waals surface area contributed by atoms with Gasteiger partial charge in [0.05, 0.1) is 40.9 Å².